The molecule has 0 aromatic carbocycles. The highest BCUT2D eigenvalue weighted by molar-refractivity contribution is 4.95. The molecule has 0 fully saturated rings. The van der Waals surface area contributed by atoms with Crippen LogP contribution in [0.3, 0.4) is 0 Å². The van der Waals surface area contributed by atoms with Crippen LogP contribution in [-0.4, -0.2) is 51.8 Å². The van der Waals surface area contributed by atoms with Crippen molar-refractivity contribution in [3.8, 4) is 11.8 Å². The molecule has 3 nitrogen and oxygen atoms in total. The van der Waals surface area contributed by atoms with Gasteiger partial charge in [-0.15, -0.1) is 11.8 Å². The average molecular weight is 198 g/mol. The molecular formula is C11H22N2O. The van der Waals surface area contributed by atoms with E-state index in [1.807, 2.05) is 6.92 Å². The first-order chi connectivity index (χ1) is 6.81. The maximum Gasteiger partial charge on any atom is 0.0589 e. The van der Waals surface area contributed by atoms with Gasteiger partial charge in [-0.2, -0.15) is 0 Å². The van der Waals surface area contributed by atoms with Crippen molar-refractivity contribution in [2.75, 3.05) is 46.9 Å². The summed E-state index contributed by atoms with van der Waals surface area (Å²) < 4.78 is 4.99. The molecule has 82 valence electrons. The molecule has 0 aliphatic heterocycles. The molecule has 0 unspecified atom stereocenters. The van der Waals surface area contributed by atoms with Gasteiger partial charge in [0.1, 0.15) is 0 Å². The van der Waals surface area contributed by atoms with Crippen LogP contribution < -0.4 is 5.32 Å². The molecule has 0 saturated carbocycles. The molecule has 0 amide bonds. The van der Waals surface area contributed by atoms with Crippen molar-refractivity contribution >= 4 is 0 Å². The minimum absolute atomic E-state index is 0.803. The lowest BCUT2D eigenvalue weighted by Gasteiger charge is -2.15. The van der Waals surface area contributed by atoms with Gasteiger partial charge in [0.15, 0.2) is 0 Å². The van der Waals surface area contributed by atoms with Gasteiger partial charge in [-0.05, 0) is 14.0 Å². The summed E-state index contributed by atoms with van der Waals surface area (Å²) in [5.74, 6) is 5.90. The Bertz CT molecular complexity index is 172. The van der Waals surface area contributed by atoms with E-state index >= 15 is 0 Å². The Morgan fingerprint density at radius 2 is 2.07 bits per heavy atom. The Kier molecular flexibility index (Phi) is 10.1. The zero-order valence-corrected chi connectivity index (χ0v) is 9.60. The first-order valence-corrected chi connectivity index (χ1v) is 5.09. The monoisotopic (exact) mass is 198 g/mol. The van der Waals surface area contributed by atoms with Crippen molar-refractivity contribution in [1.82, 2.24) is 10.2 Å². The molecule has 0 radical (unpaired) electrons. The van der Waals surface area contributed by atoms with Crippen LogP contribution in [0.15, 0.2) is 0 Å². The summed E-state index contributed by atoms with van der Waals surface area (Å²) in [5.41, 5.74) is 0. The van der Waals surface area contributed by atoms with Gasteiger partial charge in [0.2, 0.25) is 0 Å². The van der Waals surface area contributed by atoms with E-state index in [-0.39, 0.29) is 0 Å². The third-order valence-corrected chi connectivity index (χ3v) is 1.95. The fourth-order valence-electron chi connectivity index (χ4n) is 1.03. The van der Waals surface area contributed by atoms with Crippen LogP contribution in [0.1, 0.15) is 13.3 Å². The molecule has 0 aromatic rings. The minimum Gasteiger partial charge on any atom is -0.383 e. The lowest BCUT2D eigenvalue weighted by atomic mass is 10.4. The Hall–Kier alpha value is -0.560. The molecule has 0 rings (SSSR count). The lowest BCUT2D eigenvalue weighted by molar-refractivity contribution is 0.161. The van der Waals surface area contributed by atoms with Crippen LogP contribution in [0.25, 0.3) is 0 Å². The molecule has 0 aromatic heterocycles. The normalized spacial score (nSPS) is 10.0. The standard InChI is InChI=1S/C11H22N2O/c1-4-5-6-7-12-8-9-13(2)10-11-14-3/h12H,6-11H2,1-3H3. The lowest BCUT2D eigenvalue weighted by Crippen LogP contribution is -2.31. The Balaban J connectivity index is 3.13. The number of hydrogen-bond acceptors (Lipinski definition) is 3. The van der Waals surface area contributed by atoms with E-state index in [1.54, 1.807) is 7.11 Å². The molecule has 3 heteroatoms. The van der Waals surface area contributed by atoms with E-state index in [4.69, 9.17) is 4.74 Å². The van der Waals surface area contributed by atoms with Crippen molar-refractivity contribution in [3.63, 3.8) is 0 Å². The largest absolute Gasteiger partial charge is 0.383 e. The number of hydrogen-bond donors (Lipinski definition) is 1. The van der Waals surface area contributed by atoms with Gasteiger partial charge in [-0.3, -0.25) is 0 Å². The summed E-state index contributed by atoms with van der Waals surface area (Å²) >= 11 is 0. The fourth-order valence-corrected chi connectivity index (χ4v) is 1.03. The molecule has 0 saturated heterocycles. The molecule has 0 aliphatic rings. The molecular weight excluding hydrogens is 176 g/mol. The van der Waals surface area contributed by atoms with Crippen molar-refractivity contribution in [3.05, 3.63) is 0 Å². The molecule has 0 bridgehead atoms. The average Bonchev–Trinajstić information content (AvgIpc) is 2.20. The van der Waals surface area contributed by atoms with E-state index < -0.39 is 0 Å². The van der Waals surface area contributed by atoms with Crippen LogP contribution in [0, 0.1) is 11.8 Å². The Labute approximate surface area is 87.8 Å². The Morgan fingerprint density at radius 1 is 1.29 bits per heavy atom. The van der Waals surface area contributed by atoms with Gasteiger partial charge in [-0.25, -0.2) is 0 Å². The second-order valence-corrected chi connectivity index (χ2v) is 3.22. The highest BCUT2D eigenvalue weighted by Crippen LogP contribution is 1.81. The molecule has 14 heavy (non-hydrogen) atoms. The highest BCUT2D eigenvalue weighted by atomic mass is 16.5. The maximum atomic E-state index is 4.99. The maximum absolute atomic E-state index is 4.99. The van der Waals surface area contributed by atoms with Crippen molar-refractivity contribution in [1.29, 1.82) is 0 Å². The van der Waals surface area contributed by atoms with Gasteiger partial charge < -0.3 is 15.0 Å². The van der Waals surface area contributed by atoms with E-state index in [9.17, 15) is 0 Å². The fraction of sp³-hybridized carbons (Fsp3) is 0.818. The highest BCUT2D eigenvalue weighted by Gasteiger charge is 1.95. The number of methoxy groups -OCH3 is 1. The molecule has 0 heterocycles. The Morgan fingerprint density at radius 3 is 2.71 bits per heavy atom. The number of nitrogens with zero attached hydrogens (tertiary/aromatic N) is 1. The van der Waals surface area contributed by atoms with Crippen LogP contribution in [0.4, 0.5) is 0 Å². The van der Waals surface area contributed by atoms with Gasteiger partial charge in [0, 0.05) is 39.7 Å². The van der Waals surface area contributed by atoms with Crippen molar-refractivity contribution in [2.45, 2.75) is 13.3 Å². The van der Waals surface area contributed by atoms with Crippen molar-refractivity contribution < 1.29 is 4.74 Å². The smallest absolute Gasteiger partial charge is 0.0589 e. The summed E-state index contributed by atoms with van der Waals surface area (Å²) in [6.45, 7) is 6.73. The van der Waals surface area contributed by atoms with Gasteiger partial charge in [-0.1, -0.05) is 0 Å². The third-order valence-electron chi connectivity index (χ3n) is 1.95. The zero-order valence-electron chi connectivity index (χ0n) is 9.60. The topological polar surface area (TPSA) is 24.5 Å². The summed E-state index contributed by atoms with van der Waals surface area (Å²) in [5, 5.41) is 3.34. The van der Waals surface area contributed by atoms with Crippen LogP contribution >= 0.6 is 0 Å². The SMILES string of the molecule is CC#CCCNCCN(C)CCOC. The molecule has 0 spiro atoms. The summed E-state index contributed by atoms with van der Waals surface area (Å²) in [6, 6.07) is 0. The summed E-state index contributed by atoms with van der Waals surface area (Å²) in [7, 11) is 3.84. The molecule has 0 atom stereocenters. The summed E-state index contributed by atoms with van der Waals surface area (Å²) in [6.07, 6.45) is 0.943. The molecule has 1 N–H and O–H groups in total. The van der Waals surface area contributed by atoms with Crippen LogP contribution in [-0.2, 0) is 4.74 Å². The second-order valence-electron chi connectivity index (χ2n) is 3.22. The zero-order chi connectivity index (χ0) is 10.6. The van der Waals surface area contributed by atoms with Gasteiger partial charge >= 0.3 is 0 Å². The van der Waals surface area contributed by atoms with Crippen LogP contribution in [0.2, 0.25) is 0 Å². The number of likely N-dealkylation sites (N-methyl/N-ethyl adjacent to an activating group) is 1. The first kappa shape index (κ1) is 13.4. The second kappa shape index (κ2) is 10.5. The summed E-state index contributed by atoms with van der Waals surface area (Å²) in [4.78, 5) is 2.25. The quantitative estimate of drug-likeness (QED) is 0.456. The minimum atomic E-state index is 0.803. The van der Waals surface area contributed by atoms with E-state index in [0.717, 1.165) is 39.2 Å². The van der Waals surface area contributed by atoms with Gasteiger partial charge in [0.05, 0.1) is 6.61 Å². The number of ether oxygens (including phenoxy) is 1. The predicted octanol–water partition coefficient (Wildman–Crippen LogP) is 0.568. The van der Waals surface area contributed by atoms with E-state index in [2.05, 4.69) is 29.1 Å². The number of rotatable bonds is 8. The van der Waals surface area contributed by atoms with Gasteiger partial charge in [0.25, 0.3) is 0 Å². The molecule has 0 aliphatic carbocycles. The van der Waals surface area contributed by atoms with E-state index in [1.165, 1.54) is 0 Å². The third kappa shape index (κ3) is 9.53. The predicted molar refractivity (Wildman–Crippen MR) is 60.3 cm³/mol. The van der Waals surface area contributed by atoms with E-state index in [0.29, 0.717) is 0 Å². The first-order valence-electron chi connectivity index (χ1n) is 5.09. The number of nitrogens with one attached hydrogen (secondary N) is 1. The van der Waals surface area contributed by atoms with Crippen LogP contribution in [0.5, 0.6) is 0 Å². The van der Waals surface area contributed by atoms with Crippen molar-refractivity contribution in [2.24, 2.45) is 0 Å².